The average molecular weight is 421 g/mol. The van der Waals surface area contributed by atoms with Crippen LogP contribution in [-0.2, 0) is 5.41 Å². The standard InChI is InChI=1S/C23H24FN5O2/c1-15-25-13-18(14-26-15)21(30)29-10-8-23(9-11-29,12-16-2-3-16)22-27-20(31-28-22)17-4-6-19(24)7-5-17/h4-7,13-14,16H,2-3,8-12H2,1H3. The van der Waals surface area contributed by atoms with Gasteiger partial charge in [0.1, 0.15) is 11.6 Å². The number of aryl methyl sites for hydroxylation is 1. The van der Waals surface area contributed by atoms with E-state index in [1.807, 2.05) is 4.90 Å². The summed E-state index contributed by atoms with van der Waals surface area (Å²) in [6.07, 6.45) is 8.21. The minimum atomic E-state index is -0.301. The molecule has 1 saturated carbocycles. The van der Waals surface area contributed by atoms with Crippen molar-refractivity contribution in [2.24, 2.45) is 5.92 Å². The van der Waals surface area contributed by atoms with Crippen LogP contribution in [-0.4, -0.2) is 44.0 Å². The van der Waals surface area contributed by atoms with Crippen LogP contribution in [0.3, 0.4) is 0 Å². The van der Waals surface area contributed by atoms with E-state index in [1.54, 1.807) is 31.5 Å². The molecule has 5 rings (SSSR count). The molecule has 2 fully saturated rings. The fraction of sp³-hybridized carbons (Fsp3) is 0.435. The fourth-order valence-electron chi connectivity index (χ4n) is 4.37. The molecule has 2 aromatic heterocycles. The lowest BCUT2D eigenvalue weighted by Gasteiger charge is -2.40. The molecule has 8 heteroatoms. The van der Waals surface area contributed by atoms with Gasteiger partial charge in [-0.2, -0.15) is 4.98 Å². The van der Waals surface area contributed by atoms with Gasteiger partial charge in [-0.15, -0.1) is 0 Å². The third kappa shape index (κ3) is 4.06. The number of halogens is 1. The number of hydrogen-bond acceptors (Lipinski definition) is 6. The molecule has 1 saturated heterocycles. The Labute approximate surface area is 179 Å². The van der Waals surface area contributed by atoms with E-state index >= 15 is 0 Å². The van der Waals surface area contributed by atoms with Crippen molar-refractivity contribution in [1.82, 2.24) is 25.0 Å². The summed E-state index contributed by atoms with van der Waals surface area (Å²) in [5.74, 6) is 2.09. The zero-order valence-electron chi connectivity index (χ0n) is 17.4. The Bertz CT molecular complexity index is 1070. The third-order valence-corrected chi connectivity index (χ3v) is 6.40. The Morgan fingerprint density at radius 2 is 1.84 bits per heavy atom. The number of hydrogen-bond donors (Lipinski definition) is 0. The van der Waals surface area contributed by atoms with Gasteiger partial charge in [-0.3, -0.25) is 4.79 Å². The number of rotatable bonds is 5. The highest BCUT2D eigenvalue weighted by atomic mass is 19.1. The van der Waals surface area contributed by atoms with Gasteiger partial charge >= 0.3 is 0 Å². The van der Waals surface area contributed by atoms with Crippen LogP contribution in [0.1, 0.15) is 54.1 Å². The van der Waals surface area contributed by atoms with Crippen LogP contribution in [0.4, 0.5) is 4.39 Å². The zero-order valence-corrected chi connectivity index (χ0v) is 17.4. The molecule has 0 unspecified atom stereocenters. The Kier molecular flexibility index (Phi) is 5.00. The molecule has 3 aromatic rings. The maximum atomic E-state index is 13.2. The molecule has 1 amide bonds. The van der Waals surface area contributed by atoms with Crippen molar-refractivity contribution in [1.29, 1.82) is 0 Å². The van der Waals surface area contributed by atoms with Crippen LogP contribution in [0.5, 0.6) is 0 Å². The minimum absolute atomic E-state index is 0.0415. The second-order valence-electron chi connectivity index (χ2n) is 8.67. The van der Waals surface area contributed by atoms with E-state index in [2.05, 4.69) is 15.1 Å². The van der Waals surface area contributed by atoms with Crippen molar-refractivity contribution in [2.75, 3.05) is 13.1 Å². The van der Waals surface area contributed by atoms with Gasteiger partial charge in [-0.25, -0.2) is 14.4 Å². The Morgan fingerprint density at radius 1 is 1.16 bits per heavy atom. The summed E-state index contributed by atoms with van der Waals surface area (Å²) in [6.45, 7) is 3.05. The highest BCUT2D eigenvalue weighted by Gasteiger charge is 2.45. The van der Waals surface area contributed by atoms with E-state index < -0.39 is 0 Å². The van der Waals surface area contributed by atoms with Crippen LogP contribution >= 0.6 is 0 Å². The molecule has 2 aliphatic rings. The van der Waals surface area contributed by atoms with Crippen LogP contribution in [0.25, 0.3) is 11.5 Å². The summed E-state index contributed by atoms with van der Waals surface area (Å²) in [4.78, 5) is 27.7. The largest absolute Gasteiger partial charge is 0.338 e. The second-order valence-corrected chi connectivity index (χ2v) is 8.67. The van der Waals surface area contributed by atoms with Gasteiger partial charge in [-0.05, 0) is 56.4 Å². The molecule has 1 aromatic carbocycles. The van der Waals surface area contributed by atoms with Crippen molar-refractivity contribution < 1.29 is 13.7 Å². The number of piperidine rings is 1. The first-order valence-corrected chi connectivity index (χ1v) is 10.7. The predicted molar refractivity (Wildman–Crippen MR) is 111 cm³/mol. The quantitative estimate of drug-likeness (QED) is 0.620. The van der Waals surface area contributed by atoms with Gasteiger partial charge in [-0.1, -0.05) is 18.0 Å². The Hall–Kier alpha value is -3.16. The minimum Gasteiger partial charge on any atom is -0.338 e. The van der Waals surface area contributed by atoms with E-state index in [0.717, 1.165) is 19.3 Å². The summed E-state index contributed by atoms with van der Waals surface area (Å²) in [5, 5.41) is 4.33. The molecule has 0 radical (unpaired) electrons. The van der Waals surface area contributed by atoms with Crippen molar-refractivity contribution in [3.8, 4) is 11.5 Å². The van der Waals surface area contributed by atoms with E-state index in [0.29, 0.717) is 47.7 Å². The maximum Gasteiger partial charge on any atom is 0.257 e. The molecule has 7 nitrogen and oxygen atoms in total. The SMILES string of the molecule is Cc1ncc(C(=O)N2CCC(CC3CC3)(c3noc(-c4ccc(F)cc4)n3)CC2)cn1. The van der Waals surface area contributed by atoms with Crippen LogP contribution < -0.4 is 0 Å². The molecule has 1 aliphatic heterocycles. The molecular weight excluding hydrogens is 397 g/mol. The molecule has 31 heavy (non-hydrogen) atoms. The summed E-state index contributed by atoms with van der Waals surface area (Å²) in [5.41, 5.74) is 1.01. The van der Waals surface area contributed by atoms with Crippen molar-refractivity contribution in [3.05, 3.63) is 59.7 Å². The van der Waals surface area contributed by atoms with Gasteiger partial charge in [0.05, 0.1) is 5.56 Å². The van der Waals surface area contributed by atoms with E-state index in [4.69, 9.17) is 9.51 Å². The number of nitrogens with zero attached hydrogens (tertiary/aromatic N) is 5. The number of carbonyl (C=O) groups excluding carboxylic acids is 1. The zero-order chi connectivity index (χ0) is 21.4. The van der Waals surface area contributed by atoms with Gasteiger partial charge in [0.15, 0.2) is 5.82 Å². The fourth-order valence-corrected chi connectivity index (χ4v) is 4.37. The van der Waals surface area contributed by atoms with Crippen LogP contribution in [0, 0.1) is 18.7 Å². The lowest BCUT2D eigenvalue weighted by Crippen LogP contribution is -2.46. The van der Waals surface area contributed by atoms with Gasteiger partial charge in [0.25, 0.3) is 11.8 Å². The van der Waals surface area contributed by atoms with E-state index in [9.17, 15) is 9.18 Å². The Balaban J connectivity index is 1.35. The van der Waals surface area contributed by atoms with Gasteiger partial charge in [0.2, 0.25) is 0 Å². The number of amides is 1. The first-order valence-electron chi connectivity index (χ1n) is 10.7. The average Bonchev–Trinajstić information content (AvgIpc) is 3.45. The number of aromatic nitrogens is 4. The summed E-state index contributed by atoms with van der Waals surface area (Å²) < 4.78 is 18.8. The summed E-state index contributed by atoms with van der Waals surface area (Å²) in [7, 11) is 0. The lowest BCUT2D eigenvalue weighted by atomic mass is 9.73. The molecule has 0 atom stereocenters. The van der Waals surface area contributed by atoms with E-state index in [-0.39, 0.29) is 17.1 Å². The first-order chi connectivity index (χ1) is 15.0. The molecule has 1 aliphatic carbocycles. The van der Waals surface area contributed by atoms with E-state index in [1.165, 1.54) is 25.0 Å². The number of benzene rings is 1. The molecule has 0 N–H and O–H groups in total. The summed E-state index contributed by atoms with van der Waals surface area (Å²) >= 11 is 0. The highest BCUT2D eigenvalue weighted by molar-refractivity contribution is 5.93. The summed E-state index contributed by atoms with van der Waals surface area (Å²) in [6, 6.07) is 6.06. The molecule has 0 spiro atoms. The van der Waals surface area contributed by atoms with Gasteiger partial charge in [0, 0.05) is 36.5 Å². The van der Waals surface area contributed by atoms with Crippen LogP contribution in [0.15, 0.2) is 41.2 Å². The first kappa shape index (κ1) is 19.8. The molecule has 160 valence electrons. The van der Waals surface area contributed by atoms with Crippen LogP contribution in [0.2, 0.25) is 0 Å². The van der Waals surface area contributed by atoms with Crippen molar-refractivity contribution >= 4 is 5.91 Å². The normalized spacial score (nSPS) is 18.2. The second kappa shape index (κ2) is 7.83. The smallest absolute Gasteiger partial charge is 0.257 e. The topological polar surface area (TPSA) is 85.0 Å². The molecule has 3 heterocycles. The number of carbonyl (C=O) groups is 1. The molecular formula is C23H24FN5O2. The highest BCUT2D eigenvalue weighted by Crippen LogP contribution is 2.47. The predicted octanol–water partition coefficient (Wildman–Crippen LogP) is 3.95. The molecule has 0 bridgehead atoms. The third-order valence-electron chi connectivity index (χ3n) is 6.40. The monoisotopic (exact) mass is 421 g/mol. The van der Waals surface area contributed by atoms with Crippen molar-refractivity contribution in [2.45, 2.75) is 44.4 Å². The lowest BCUT2D eigenvalue weighted by molar-refractivity contribution is 0.0644. The maximum absolute atomic E-state index is 13.2. The Morgan fingerprint density at radius 3 is 2.48 bits per heavy atom. The number of likely N-dealkylation sites (tertiary alicyclic amines) is 1. The van der Waals surface area contributed by atoms with Gasteiger partial charge < -0.3 is 9.42 Å². The van der Waals surface area contributed by atoms with Crippen molar-refractivity contribution in [3.63, 3.8) is 0 Å².